The Morgan fingerprint density at radius 2 is 2.20 bits per heavy atom. The monoisotopic (exact) mass is 407 g/mol. The van der Waals surface area contributed by atoms with Gasteiger partial charge in [0, 0.05) is 12.1 Å². The Balaban J connectivity index is 1.57. The highest BCUT2D eigenvalue weighted by molar-refractivity contribution is 5.75. The maximum atomic E-state index is 14.6. The minimum Gasteiger partial charge on any atom is -0.362 e. The third-order valence-electron chi connectivity index (χ3n) is 6.24. The molecule has 0 bridgehead atoms. The molecule has 0 aliphatic carbocycles. The van der Waals surface area contributed by atoms with Gasteiger partial charge in [-0.3, -0.25) is 4.68 Å². The van der Waals surface area contributed by atoms with Gasteiger partial charge in [0.2, 0.25) is 0 Å². The van der Waals surface area contributed by atoms with Crippen molar-refractivity contribution < 1.29 is 4.39 Å². The first-order chi connectivity index (χ1) is 14.5. The van der Waals surface area contributed by atoms with E-state index in [2.05, 4.69) is 46.8 Å². The number of pyridine rings is 1. The number of halogens is 1. The van der Waals surface area contributed by atoms with Crippen LogP contribution in [-0.2, 0) is 13.0 Å². The summed E-state index contributed by atoms with van der Waals surface area (Å²) >= 11 is 0. The van der Waals surface area contributed by atoms with E-state index in [4.69, 9.17) is 5.10 Å². The van der Waals surface area contributed by atoms with Gasteiger partial charge in [-0.2, -0.15) is 15.5 Å². The van der Waals surface area contributed by atoms with Crippen LogP contribution in [0.2, 0.25) is 0 Å². The molecule has 5 rings (SSSR count). The molecule has 5 heterocycles. The van der Waals surface area contributed by atoms with E-state index >= 15 is 0 Å². The fourth-order valence-corrected chi connectivity index (χ4v) is 4.96. The Morgan fingerprint density at radius 1 is 1.37 bits per heavy atom. The Kier molecular flexibility index (Phi) is 4.51. The van der Waals surface area contributed by atoms with Crippen molar-refractivity contribution in [2.24, 2.45) is 5.92 Å². The number of rotatable bonds is 3. The Hall–Kier alpha value is -2.92. The van der Waals surface area contributed by atoms with Crippen LogP contribution in [0.15, 0.2) is 18.3 Å². The number of hydrogen-bond donors (Lipinski definition) is 1. The summed E-state index contributed by atoms with van der Waals surface area (Å²) in [5.41, 5.74) is 5.20. The van der Waals surface area contributed by atoms with Crippen LogP contribution in [0.4, 0.5) is 10.1 Å². The lowest BCUT2D eigenvalue weighted by Gasteiger charge is -2.34. The summed E-state index contributed by atoms with van der Waals surface area (Å²) in [7, 11) is 0. The van der Waals surface area contributed by atoms with Crippen LogP contribution < -0.4 is 10.2 Å². The van der Waals surface area contributed by atoms with Crippen molar-refractivity contribution in [1.29, 1.82) is 5.26 Å². The Morgan fingerprint density at radius 3 is 2.97 bits per heavy atom. The molecule has 0 spiro atoms. The smallest absolute Gasteiger partial charge is 0.171 e. The summed E-state index contributed by atoms with van der Waals surface area (Å²) in [5.74, 6) is 0.190. The first-order valence-electron chi connectivity index (χ1n) is 10.6. The minimum absolute atomic E-state index is 0.167. The second kappa shape index (κ2) is 7.10. The second-order valence-electron chi connectivity index (χ2n) is 8.84. The van der Waals surface area contributed by atoms with Crippen LogP contribution in [0.5, 0.6) is 0 Å². The summed E-state index contributed by atoms with van der Waals surface area (Å²) in [5, 5.41) is 22.1. The summed E-state index contributed by atoms with van der Waals surface area (Å²) in [6, 6.07) is 6.10. The maximum Gasteiger partial charge on any atom is 0.171 e. The zero-order chi connectivity index (χ0) is 21.0. The van der Waals surface area contributed by atoms with E-state index in [9.17, 15) is 9.65 Å². The lowest BCUT2D eigenvalue weighted by atomic mass is 9.93. The molecule has 0 aromatic carbocycles. The molecular formula is C22H26FN7. The zero-order valence-electron chi connectivity index (χ0n) is 17.6. The highest BCUT2D eigenvalue weighted by Gasteiger charge is 2.33. The minimum atomic E-state index is -0.405. The fraction of sp³-hybridized carbons (Fsp3) is 0.500. The summed E-state index contributed by atoms with van der Waals surface area (Å²) < 4.78 is 18.2. The van der Waals surface area contributed by atoms with Crippen molar-refractivity contribution in [3.8, 4) is 6.07 Å². The van der Waals surface area contributed by atoms with E-state index in [1.54, 1.807) is 6.07 Å². The molecule has 3 aromatic rings. The summed E-state index contributed by atoms with van der Waals surface area (Å²) in [6.45, 7) is 9.00. The van der Waals surface area contributed by atoms with Crippen molar-refractivity contribution in [2.45, 2.75) is 52.2 Å². The SMILES string of the molecule is CC(C)CC1NCCc2c1nn1c2CN(c2ccc(C#N)n3ncc(F)c23)C[C@H]1C. The van der Waals surface area contributed by atoms with Crippen molar-refractivity contribution in [3.63, 3.8) is 0 Å². The lowest BCUT2D eigenvalue weighted by Crippen LogP contribution is -2.37. The third-order valence-corrected chi connectivity index (χ3v) is 6.24. The molecule has 30 heavy (non-hydrogen) atoms. The van der Waals surface area contributed by atoms with E-state index in [1.165, 1.54) is 27.7 Å². The van der Waals surface area contributed by atoms with Gasteiger partial charge in [-0.05, 0) is 44.4 Å². The van der Waals surface area contributed by atoms with Crippen LogP contribution in [0.3, 0.4) is 0 Å². The average Bonchev–Trinajstić information content (AvgIpc) is 3.29. The van der Waals surface area contributed by atoms with Crippen LogP contribution in [0.1, 0.15) is 61.9 Å². The van der Waals surface area contributed by atoms with E-state index in [-0.39, 0.29) is 6.04 Å². The maximum absolute atomic E-state index is 14.6. The first-order valence-corrected chi connectivity index (χ1v) is 10.6. The number of hydrogen-bond acceptors (Lipinski definition) is 5. The van der Waals surface area contributed by atoms with Crippen LogP contribution in [-0.4, -0.2) is 32.5 Å². The molecule has 2 aliphatic heterocycles. The van der Waals surface area contributed by atoms with Crippen molar-refractivity contribution >= 4 is 11.2 Å². The molecule has 0 radical (unpaired) electrons. The van der Waals surface area contributed by atoms with Gasteiger partial charge < -0.3 is 10.2 Å². The summed E-state index contributed by atoms with van der Waals surface area (Å²) in [6.07, 6.45) is 3.21. The number of nitrogens with zero attached hydrogens (tertiary/aromatic N) is 6. The van der Waals surface area contributed by atoms with Gasteiger partial charge >= 0.3 is 0 Å². The molecule has 2 atom stereocenters. The number of nitrogens with one attached hydrogen (secondary N) is 1. The molecular weight excluding hydrogens is 381 g/mol. The number of aromatic nitrogens is 4. The fourth-order valence-electron chi connectivity index (χ4n) is 4.96. The van der Waals surface area contributed by atoms with Crippen molar-refractivity contribution in [1.82, 2.24) is 24.7 Å². The van der Waals surface area contributed by atoms with E-state index in [1.807, 2.05) is 6.07 Å². The largest absolute Gasteiger partial charge is 0.362 e. The van der Waals surface area contributed by atoms with Crippen LogP contribution >= 0.6 is 0 Å². The Labute approximate surface area is 175 Å². The Bertz CT molecular complexity index is 1150. The van der Waals surface area contributed by atoms with Gasteiger partial charge in [-0.25, -0.2) is 8.91 Å². The molecule has 3 aromatic heterocycles. The molecule has 1 N–H and O–H groups in total. The van der Waals surface area contributed by atoms with E-state index in [0.29, 0.717) is 29.7 Å². The molecule has 7 nitrogen and oxygen atoms in total. The molecule has 1 unspecified atom stereocenters. The number of anilines is 1. The molecule has 2 aliphatic rings. The molecule has 0 saturated heterocycles. The molecule has 0 fully saturated rings. The standard InChI is InChI=1S/C22H26FN7/c1-13(2)8-18-21-16(6-7-25-18)20-12-28(11-14(3)29(20)27-21)19-5-4-15(9-24)30-22(19)17(23)10-26-30/h4-5,10,13-14,18,25H,6-8,11-12H2,1-3H3/t14-,18?/m1/s1. The van der Waals surface area contributed by atoms with E-state index < -0.39 is 5.82 Å². The first kappa shape index (κ1) is 19.1. The predicted octanol–water partition coefficient (Wildman–Crippen LogP) is 3.36. The number of fused-ring (bicyclic) bond motifs is 4. The molecule has 8 heteroatoms. The van der Waals surface area contributed by atoms with Crippen LogP contribution in [0.25, 0.3) is 5.52 Å². The second-order valence-corrected chi connectivity index (χ2v) is 8.84. The highest BCUT2D eigenvalue weighted by atomic mass is 19.1. The van der Waals surface area contributed by atoms with Gasteiger partial charge in [-0.15, -0.1) is 0 Å². The van der Waals surface area contributed by atoms with Gasteiger partial charge in [0.05, 0.1) is 41.9 Å². The normalized spacial score (nSPS) is 21.0. The van der Waals surface area contributed by atoms with Gasteiger partial charge in [0.25, 0.3) is 0 Å². The van der Waals surface area contributed by atoms with Crippen LogP contribution in [0, 0.1) is 23.1 Å². The molecule has 0 saturated carbocycles. The van der Waals surface area contributed by atoms with Gasteiger partial charge in [0.1, 0.15) is 17.3 Å². The topological polar surface area (TPSA) is 74.2 Å². The number of nitriles is 1. The quantitative estimate of drug-likeness (QED) is 0.721. The molecule has 0 amide bonds. The molecule has 156 valence electrons. The zero-order valence-corrected chi connectivity index (χ0v) is 17.6. The predicted molar refractivity (Wildman–Crippen MR) is 112 cm³/mol. The van der Waals surface area contributed by atoms with E-state index in [0.717, 1.165) is 31.6 Å². The van der Waals surface area contributed by atoms with Crippen molar-refractivity contribution in [2.75, 3.05) is 18.0 Å². The van der Waals surface area contributed by atoms with Crippen molar-refractivity contribution in [3.05, 3.63) is 46.8 Å². The van der Waals surface area contributed by atoms with Gasteiger partial charge in [-0.1, -0.05) is 13.8 Å². The highest BCUT2D eigenvalue weighted by Crippen LogP contribution is 2.36. The lowest BCUT2D eigenvalue weighted by molar-refractivity contribution is 0.395. The summed E-state index contributed by atoms with van der Waals surface area (Å²) in [4.78, 5) is 2.20. The average molecular weight is 407 g/mol. The third kappa shape index (κ3) is 2.88. The van der Waals surface area contributed by atoms with Gasteiger partial charge in [0.15, 0.2) is 5.82 Å².